The molecule has 0 radical (unpaired) electrons. The highest BCUT2D eigenvalue weighted by molar-refractivity contribution is 6.07. The van der Waals surface area contributed by atoms with Crippen LogP contribution in [-0.4, -0.2) is 4.98 Å². The molecule has 2 aromatic heterocycles. The summed E-state index contributed by atoms with van der Waals surface area (Å²) < 4.78 is 30.0. The zero-order chi connectivity index (χ0) is 25.8. The van der Waals surface area contributed by atoms with Crippen molar-refractivity contribution in [1.82, 2.24) is 4.98 Å². The molecule has 0 unspecified atom stereocenters. The Hall–Kier alpha value is -3.39. The first-order chi connectivity index (χ1) is 17.0. The second kappa shape index (κ2) is 8.19. The Morgan fingerprint density at radius 2 is 1.58 bits per heavy atom. The molecule has 166 valence electrons. The fourth-order valence-electron chi connectivity index (χ4n) is 4.99. The summed E-state index contributed by atoms with van der Waals surface area (Å²) >= 11 is 0. The topological polar surface area (TPSA) is 26.0 Å². The van der Waals surface area contributed by atoms with Crippen LogP contribution in [0.1, 0.15) is 45.8 Å². The highest BCUT2D eigenvalue weighted by Crippen LogP contribution is 2.36. The van der Waals surface area contributed by atoms with Crippen LogP contribution in [0.4, 0.5) is 0 Å². The Morgan fingerprint density at radius 3 is 2.30 bits per heavy atom. The van der Waals surface area contributed by atoms with Crippen molar-refractivity contribution in [2.75, 3.05) is 0 Å². The van der Waals surface area contributed by atoms with Crippen LogP contribution in [0.2, 0.25) is 0 Å². The van der Waals surface area contributed by atoms with Crippen molar-refractivity contribution >= 4 is 21.9 Å². The monoisotopic (exact) mass is 436 g/mol. The third kappa shape index (κ3) is 3.95. The van der Waals surface area contributed by atoms with Gasteiger partial charge in [0.05, 0.1) is 5.69 Å². The van der Waals surface area contributed by atoms with E-state index in [0.717, 1.165) is 44.3 Å². The quantitative estimate of drug-likeness (QED) is 0.281. The molecule has 5 rings (SSSR count). The summed E-state index contributed by atoms with van der Waals surface area (Å²) in [6.07, 6.45) is 2.22. The normalized spacial score (nSPS) is 13.5. The highest BCUT2D eigenvalue weighted by Gasteiger charge is 2.13. The number of furan rings is 1. The molecule has 5 aromatic rings. The smallest absolute Gasteiger partial charge is 0.136 e. The van der Waals surface area contributed by atoms with Gasteiger partial charge in [0, 0.05) is 26.6 Å². The molecule has 0 amide bonds. The van der Waals surface area contributed by atoms with E-state index in [0.29, 0.717) is 17.9 Å². The molecule has 0 bridgehead atoms. The molecule has 0 saturated carbocycles. The van der Waals surface area contributed by atoms with Gasteiger partial charge in [-0.15, -0.1) is 0 Å². The zero-order valence-electron chi connectivity index (χ0n) is 22.9. The van der Waals surface area contributed by atoms with E-state index in [4.69, 9.17) is 8.53 Å². The van der Waals surface area contributed by atoms with Crippen LogP contribution < -0.4 is 0 Å². The molecule has 0 N–H and O–H groups in total. The number of rotatable bonds is 4. The molecule has 0 atom stereocenters. The molecule has 0 aliphatic heterocycles. The van der Waals surface area contributed by atoms with Crippen LogP contribution in [0.25, 0.3) is 44.3 Å². The van der Waals surface area contributed by atoms with Crippen molar-refractivity contribution in [2.24, 2.45) is 5.92 Å². The predicted octanol–water partition coefficient (Wildman–Crippen LogP) is 8.75. The Morgan fingerprint density at radius 1 is 0.818 bits per heavy atom. The lowest BCUT2D eigenvalue weighted by Crippen LogP contribution is -1.98. The number of aryl methyl sites for hydroxylation is 4. The maximum Gasteiger partial charge on any atom is 0.136 e. The standard InChI is InChI=1S/C31H31NO/c1-18(2)11-25-15-28(32-17-22(25)6)23-8-10-29-27(14-23)26-9-7-24(16-30(26)33-29)31-20(4)12-19(3)13-21(31)5/h7-10,12-18H,11H2,1-6H3/i6D3. The lowest BCUT2D eigenvalue weighted by molar-refractivity contribution is 0.644. The second-order valence-corrected chi connectivity index (χ2v) is 9.62. The summed E-state index contributed by atoms with van der Waals surface area (Å²) in [7, 11) is 0. The first-order valence-corrected chi connectivity index (χ1v) is 11.6. The minimum atomic E-state index is -2.17. The molecule has 0 aliphatic carbocycles. The van der Waals surface area contributed by atoms with E-state index >= 15 is 0 Å². The van der Waals surface area contributed by atoms with E-state index in [1.807, 2.05) is 18.2 Å². The third-order valence-electron chi connectivity index (χ3n) is 6.35. The van der Waals surface area contributed by atoms with E-state index in [1.54, 1.807) is 0 Å². The molecular weight excluding hydrogens is 402 g/mol. The van der Waals surface area contributed by atoms with Crippen molar-refractivity contribution < 1.29 is 8.53 Å². The minimum absolute atomic E-state index is 0.337. The van der Waals surface area contributed by atoms with Crippen molar-refractivity contribution in [3.63, 3.8) is 0 Å². The fraction of sp³-hybridized carbons (Fsp3) is 0.258. The van der Waals surface area contributed by atoms with Gasteiger partial charge < -0.3 is 4.42 Å². The molecule has 3 aromatic carbocycles. The molecule has 2 nitrogen and oxygen atoms in total. The number of hydrogen-bond donors (Lipinski definition) is 0. The van der Waals surface area contributed by atoms with E-state index < -0.39 is 6.85 Å². The zero-order valence-corrected chi connectivity index (χ0v) is 19.9. The van der Waals surface area contributed by atoms with Gasteiger partial charge in [-0.25, -0.2) is 0 Å². The van der Waals surface area contributed by atoms with Gasteiger partial charge in [0.1, 0.15) is 11.2 Å². The summed E-state index contributed by atoms with van der Waals surface area (Å²) in [4.78, 5) is 4.54. The lowest BCUT2D eigenvalue weighted by Gasteiger charge is -2.11. The Bertz CT molecular complexity index is 1590. The molecule has 0 spiro atoms. The number of hydrogen-bond acceptors (Lipinski definition) is 2. The third-order valence-corrected chi connectivity index (χ3v) is 6.35. The van der Waals surface area contributed by atoms with E-state index in [9.17, 15) is 0 Å². The Labute approximate surface area is 200 Å². The summed E-state index contributed by atoms with van der Waals surface area (Å²) in [5.41, 5.74) is 10.8. The van der Waals surface area contributed by atoms with Crippen LogP contribution >= 0.6 is 0 Å². The van der Waals surface area contributed by atoms with Gasteiger partial charge in [-0.2, -0.15) is 0 Å². The average Bonchev–Trinajstić information content (AvgIpc) is 3.14. The maximum absolute atomic E-state index is 7.91. The van der Waals surface area contributed by atoms with Gasteiger partial charge >= 0.3 is 0 Å². The van der Waals surface area contributed by atoms with Gasteiger partial charge in [-0.3, -0.25) is 4.98 Å². The highest BCUT2D eigenvalue weighted by atomic mass is 16.3. The van der Waals surface area contributed by atoms with E-state index in [2.05, 4.69) is 76.0 Å². The summed E-state index contributed by atoms with van der Waals surface area (Å²) in [5.74, 6) is 0.344. The average molecular weight is 437 g/mol. The van der Waals surface area contributed by atoms with Gasteiger partial charge in [-0.05, 0) is 110 Å². The lowest BCUT2D eigenvalue weighted by atomic mass is 9.93. The molecule has 0 aliphatic rings. The molecule has 0 fully saturated rings. The van der Waals surface area contributed by atoms with Crippen molar-refractivity contribution in [2.45, 2.75) is 47.9 Å². The first kappa shape index (κ1) is 18.1. The largest absolute Gasteiger partial charge is 0.456 e. The van der Waals surface area contributed by atoms with E-state index in [-0.39, 0.29) is 0 Å². The summed E-state index contributed by atoms with van der Waals surface area (Å²) in [6, 6.07) is 18.9. The number of aromatic nitrogens is 1. The number of benzene rings is 3. The SMILES string of the molecule is [2H]C([2H])([2H])c1cnc(-c2ccc3oc4cc(-c5c(C)cc(C)cc5C)ccc4c3c2)cc1CC(C)C. The van der Waals surface area contributed by atoms with Gasteiger partial charge in [0.2, 0.25) is 0 Å². The first-order valence-electron chi connectivity index (χ1n) is 13.1. The Balaban J connectivity index is 1.61. The summed E-state index contributed by atoms with van der Waals surface area (Å²) in [5, 5.41) is 2.08. The maximum atomic E-state index is 7.91. The molecule has 2 heteroatoms. The fourth-order valence-corrected chi connectivity index (χ4v) is 4.99. The van der Waals surface area contributed by atoms with Crippen molar-refractivity contribution in [3.05, 3.63) is 88.6 Å². The summed E-state index contributed by atoms with van der Waals surface area (Å²) in [6.45, 7) is 8.46. The van der Waals surface area contributed by atoms with Gasteiger partial charge in [-0.1, -0.05) is 37.6 Å². The predicted molar refractivity (Wildman–Crippen MR) is 140 cm³/mol. The van der Waals surface area contributed by atoms with Gasteiger partial charge in [0.15, 0.2) is 0 Å². The van der Waals surface area contributed by atoms with Gasteiger partial charge in [0.25, 0.3) is 0 Å². The molecule has 0 saturated heterocycles. The van der Waals surface area contributed by atoms with Crippen molar-refractivity contribution in [3.8, 4) is 22.4 Å². The van der Waals surface area contributed by atoms with Crippen LogP contribution in [0.5, 0.6) is 0 Å². The Kier molecular flexibility index (Phi) is 4.49. The molecular formula is C31H31NO. The van der Waals surface area contributed by atoms with Crippen LogP contribution in [0.3, 0.4) is 0 Å². The van der Waals surface area contributed by atoms with Crippen LogP contribution in [0, 0.1) is 33.5 Å². The number of fused-ring (bicyclic) bond motifs is 3. The van der Waals surface area contributed by atoms with Crippen LogP contribution in [-0.2, 0) is 6.42 Å². The number of nitrogens with zero attached hydrogens (tertiary/aromatic N) is 1. The van der Waals surface area contributed by atoms with Crippen LogP contribution in [0.15, 0.2) is 65.2 Å². The minimum Gasteiger partial charge on any atom is -0.456 e. The molecule has 2 heterocycles. The van der Waals surface area contributed by atoms with Crippen molar-refractivity contribution in [1.29, 1.82) is 0 Å². The number of pyridine rings is 1. The van der Waals surface area contributed by atoms with E-state index in [1.165, 1.54) is 28.5 Å². The second-order valence-electron chi connectivity index (χ2n) is 9.62. The molecule has 33 heavy (non-hydrogen) atoms.